The summed E-state index contributed by atoms with van der Waals surface area (Å²) >= 11 is 0. The number of aryl methyl sites for hydroxylation is 1. The zero-order valence-electron chi connectivity index (χ0n) is 9.62. The van der Waals surface area contributed by atoms with E-state index >= 15 is 0 Å². The van der Waals surface area contributed by atoms with Gasteiger partial charge in [-0.2, -0.15) is 0 Å². The topological polar surface area (TPSA) is 46.5 Å². The minimum Gasteiger partial charge on any atom is -0.496 e. The second-order valence-corrected chi connectivity index (χ2v) is 4.53. The average molecular weight is 220 g/mol. The van der Waals surface area contributed by atoms with Crippen LogP contribution < -0.4 is 4.74 Å². The molecule has 0 aromatic heterocycles. The van der Waals surface area contributed by atoms with Crippen molar-refractivity contribution in [2.75, 3.05) is 7.11 Å². The van der Waals surface area contributed by atoms with Gasteiger partial charge in [0.05, 0.1) is 12.5 Å². The van der Waals surface area contributed by atoms with E-state index in [9.17, 15) is 4.79 Å². The molecule has 1 N–H and O–H groups in total. The van der Waals surface area contributed by atoms with Gasteiger partial charge in [-0.05, 0) is 37.3 Å². The molecule has 1 aromatic carbocycles. The summed E-state index contributed by atoms with van der Waals surface area (Å²) in [6.07, 6.45) is 2.13. The first-order valence-corrected chi connectivity index (χ1v) is 5.45. The molecule has 16 heavy (non-hydrogen) atoms. The summed E-state index contributed by atoms with van der Waals surface area (Å²) in [5, 5.41) is 9.16. The van der Waals surface area contributed by atoms with E-state index in [1.165, 1.54) is 0 Å². The van der Waals surface area contributed by atoms with Crippen molar-refractivity contribution in [3.63, 3.8) is 0 Å². The van der Waals surface area contributed by atoms with E-state index in [-0.39, 0.29) is 0 Å². The molecule has 0 radical (unpaired) electrons. The van der Waals surface area contributed by atoms with Crippen molar-refractivity contribution < 1.29 is 14.6 Å². The third-order valence-corrected chi connectivity index (χ3v) is 3.33. The molecule has 0 aliphatic heterocycles. The van der Waals surface area contributed by atoms with Gasteiger partial charge in [0, 0.05) is 0 Å². The predicted molar refractivity (Wildman–Crippen MR) is 60.7 cm³/mol. The number of ether oxygens (including phenoxy) is 1. The number of hydrogen-bond acceptors (Lipinski definition) is 2. The van der Waals surface area contributed by atoms with Gasteiger partial charge in [-0.15, -0.1) is 0 Å². The number of carbonyl (C=O) groups is 1. The number of carboxylic acid groups (broad SMARTS) is 1. The number of hydrogen-bond donors (Lipinski definition) is 1. The number of benzene rings is 1. The fraction of sp³-hybridized carbons (Fsp3) is 0.462. The lowest BCUT2D eigenvalue weighted by atomic mass is 9.95. The molecular formula is C13H16O3. The lowest BCUT2D eigenvalue weighted by Crippen LogP contribution is -2.18. The summed E-state index contributed by atoms with van der Waals surface area (Å²) in [6, 6.07) is 5.88. The monoisotopic (exact) mass is 220 g/mol. The van der Waals surface area contributed by atoms with Crippen molar-refractivity contribution in [2.24, 2.45) is 5.41 Å². The average Bonchev–Trinajstić information content (AvgIpc) is 2.99. The molecule has 1 saturated carbocycles. The molecule has 3 nitrogen and oxygen atoms in total. The van der Waals surface area contributed by atoms with Gasteiger partial charge in [0.2, 0.25) is 0 Å². The third-order valence-electron chi connectivity index (χ3n) is 3.33. The molecule has 0 amide bonds. The molecule has 1 aliphatic carbocycles. The standard InChI is InChI=1S/C13H16O3/c1-9-4-3-5-10(11(9)16-2)8-13(6-7-13)12(14)15/h3-5H,6-8H2,1-2H3,(H,14,15). The highest BCUT2D eigenvalue weighted by Gasteiger charge is 2.50. The van der Waals surface area contributed by atoms with Gasteiger partial charge in [0.15, 0.2) is 0 Å². The first-order valence-electron chi connectivity index (χ1n) is 5.45. The Labute approximate surface area is 95.0 Å². The Morgan fingerprint density at radius 1 is 1.50 bits per heavy atom. The lowest BCUT2D eigenvalue weighted by molar-refractivity contribution is -0.143. The molecule has 1 aromatic rings. The number of para-hydroxylation sites is 1. The third kappa shape index (κ3) is 1.77. The molecule has 0 saturated heterocycles. The molecule has 0 unspecified atom stereocenters. The Balaban J connectivity index is 2.28. The molecule has 0 atom stereocenters. The Bertz CT molecular complexity index is 419. The van der Waals surface area contributed by atoms with E-state index < -0.39 is 11.4 Å². The van der Waals surface area contributed by atoms with Crippen LogP contribution in [0.2, 0.25) is 0 Å². The first kappa shape index (κ1) is 11.0. The highest BCUT2D eigenvalue weighted by Crippen LogP contribution is 2.49. The molecular weight excluding hydrogens is 204 g/mol. The maximum atomic E-state index is 11.1. The van der Waals surface area contributed by atoms with Crippen LogP contribution in [0.25, 0.3) is 0 Å². The summed E-state index contributed by atoms with van der Waals surface area (Å²) < 4.78 is 5.34. The van der Waals surface area contributed by atoms with Gasteiger partial charge in [0.25, 0.3) is 0 Å². The molecule has 0 bridgehead atoms. The maximum Gasteiger partial charge on any atom is 0.309 e. The van der Waals surface area contributed by atoms with Crippen molar-refractivity contribution in [1.29, 1.82) is 0 Å². The fourth-order valence-corrected chi connectivity index (χ4v) is 2.13. The minimum atomic E-state index is -0.684. The first-order chi connectivity index (χ1) is 7.59. The van der Waals surface area contributed by atoms with Crippen molar-refractivity contribution in [2.45, 2.75) is 26.2 Å². The molecule has 1 aliphatic rings. The second-order valence-electron chi connectivity index (χ2n) is 4.53. The smallest absolute Gasteiger partial charge is 0.309 e. The van der Waals surface area contributed by atoms with Crippen molar-refractivity contribution in [3.8, 4) is 5.75 Å². The second kappa shape index (κ2) is 3.81. The van der Waals surface area contributed by atoms with Crippen LogP contribution in [0.5, 0.6) is 5.75 Å². The molecule has 3 heteroatoms. The van der Waals surface area contributed by atoms with Gasteiger partial charge in [0.1, 0.15) is 5.75 Å². The van der Waals surface area contributed by atoms with Crippen molar-refractivity contribution in [1.82, 2.24) is 0 Å². The summed E-state index contributed by atoms with van der Waals surface area (Å²) in [7, 11) is 1.63. The van der Waals surface area contributed by atoms with E-state index in [1.807, 2.05) is 25.1 Å². The SMILES string of the molecule is COc1c(C)cccc1CC1(C(=O)O)CC1. The lowest BCUT2D eigenvalue weighted by Gasteiger charge is -2.14. The molecule has 0 heterocycles. The molecule has 86 valence electrons. The highest BCUT2D eigenvalue weighted by atomic mass is 16.5. The Morgan fingerprint density at radius 2 is 2.19 bits per heavy atom. The molecule has 2 rings (SSSR count). The van der Waals surface area contributed by atoms with E-state index in [2.05, 4.69) is 0 Å². The summed E-state index contributed by atoms with van der Waals surface area (Å²) in [5.41, 5.74) is 1.53. The Kier molecular flexibility index (Phi) is 2.62. The van der Waals surface area contributed by atoms with Crippen LogP contribution in [0.4, 0.5) is 0 Å². The van der Waals surface area contributed by atoms with E-state index in [0.29, 0.717) is 6.42 Å². The molecule has 0 spiro atoms. The number of rotatable bonds is 4. The maximum absolute atomic E-state index is 11.1. The summed E-state index contributed by atoms with van der Waals surface area (Å²) in [4.78, 5) is 11.1. The van der Waals surface area contributed by atoms with Gasteiger partial charge in [-0.25, -0.2) is 0 Å². The zero-order valence-corrected chi connectivity index (χ0v) is 9.62. The van der Waals surface area contributed by atoms with Crippen LogP contribution in [0, 0.1) is 12.3 Å². The summed E-state index contributed by atoms with van der Waals surface area (Å²) in [6.45, 7) is 1.97. The van der Waals surface area contributed by atoms with Crippen molar-refractivity contribution in [3.05, 3.63) is 29.3 Å². The van der Waals surface area contributed by atoms with Crippen LogP contribution in [-0.2, 0) is 11.2 Å². The summed E-state index contributed by atoms with van der Waals surface area (Å²) in [5.74, 6) is 0.145. The highest BCUT2D eigenvalue weighted by molar-refractivity contribution is 5.78. The Hall–Kier alpha value is -1.51. The minimum absolute atomic E-state index is 0.527. The van der Waals surface area contributed by atoms with Crippen LogP contribution in [0.1, 0.15) is 24.0 Å². The van der Waals surface area contributed by atoms with Crippen LogP contribution in [0.15, 0.2) is 18.2 Å². The number of methoxy groups -OCH3 is 1. The van der Waals surface area contributed by atoms with Crippen LogP contribution >= 0.6 is 0 Å². The van der Waals surface area contributed by atoms with Crippen LogP contribution in [0.3, 0.4) is 0 Å². The van der Waals surface area contributed by atoms with Gasteiger partial charge in [-0.1, -0.05) is 18.2 Å². The number of carboxylic acids is 1. The van der Waals surface area contributed by atoms with Gasteiger partial charge < -0.3 is 9.84 Å². The van der Waals surface area contributed by atoms with E-state index in [1.54, 1.807) is 7.11 Å². The normalized spacial score (nSPS) is 16.9. The van der Waals surface area contributed by atoms with Gasteiger partial charge >= 0.3 is 5.97 Å². The Morgan fingerprint density at radius 3 is 2.69 bits per heavy atom. The van der Waals surface area contributed by atoms with Crippen molar-refractivity contribution >= 4 is 5.97 Å². The quantitative estimate of drug-likeness (QED) is 0.847. The van der Waals surface area contributed by atoms with E-state index in [0.717, 1.165) is 29.7 Å². The number of aliphatic carboxylic acids is 1. The fourth-order valence-electron chi connectivity index (χ4n) is 2.13. The largest absolute Gasteiger partial charge is 0.496 e. The van der Waals surface area contributed by atoms with Crippen LogP contribution in [-0.4, -0.2) is 18.2 Å². The zero-order chi connectivity index (χ0) is 11.8. The predicted octanol–water partition coefficient (Wildman–Crippen LogP) is 2.41. The van der Waals surface area contributed by atoms with Gasteiger partial charge in [-0.3, -0.25) is 4.79 Å². The van der Waals surface area contributed by atoms with E-state index in [4.69, 9.17) is 9.84 Å². The molecule has 1 fully saturated rings.